The van der Waals surface area contributed by atoms with Crippen molar-refractivity contribution >= 4 is 5.91 Å². The van der Waals surface area contributed by atoms with E-state index >= 15 is 0 Å². The van der Waals surface area contributed by atoms with E-state index in [4.69, 9.17) is 5.73 Å². The maximum absolute atomic E-state index is 12.7. The van der Waals surface area contributed by atoms with Gasteiger partial charge in [-0.1, -0.05) is 56.5 Å². The fourth-order valence-corrected chi connectivity index (χ4v) is 3.11. The zero-order chi connectivity index (χ0) is 15.1. The Labute approximate surface area is 128 Å². The molecular weight excluding hydrogens is 260 g/mol. The number of amides is 1. The van der Waals surface area contributed by atoms with E-state index in [2.05, 4.69) is 24.4 Å². The summed E-state index contributed by atoms with van der Waals surface area (Å²) in [6, 6.07) is 10.5. The number of nitrogens with two attached hydrogens (primary N) is 1. The first-order valence-electron chi connectivity index (χ1n) is 8.25. The van der Waals surface area contributed by atoms with Crippen molar-refractivity contribution in [2.75, 3.05) is 6.54 Å². The van der Waals surface area contributed by atoms with Crippen LogP contribution in [0.25, 0.3) is 0 Å². The topological polar surface area (TPSA) is 55.1 Å². The second-order valence-electron chi connectivity index (χ2n) is 6.34. The van der Waals surface area contributed by atoms with Gasteiger partial charge in [0.2, 0.25) is 5.91 Å². The standard InChI is InChI=1S/C18H28N2O/c1-2-3-10-16(14-19)20-17(21)18(11-7-12-18)13-15-8-5-4-6-9-15/h4-6,8-9,16H,2-3,7,10-14,19H2,1H3,(H,20,21). The van der Waals surface area contributed by atoms with Crippen LogP contribution in [0.2, 0.25) is 0 Å². The summed E-state index contributed by atoms with van der Waals surface area (Å²) in [6.45, 7) is 2.70. The molecule has 0 heterocycles. The highest BCUT2D eigenvalue weighted by molar-refractivity contribution is 5.84. The van der Waals surface area contributed by atoms with Gasteiger partial charge in [-0.25, -0.2) is 0 Å². The van der Waals surface area contributed by atoms with Crippen molar-refractivity contribution in [1.82, 2.24) is 5.32 Å². The number of benzene rings is 1. The first kappa shape index (κ1) is 16.0. The predicted octanol–water partition coefficient (Wildman–Crippen LogP) is 3.03. The molecule has 0 bridgehead atoms. The van der Waals surface area contributed by atoms with E-state index in [0.717, 1.165) is 44.9 Å². The van der Waals surface area contributed by atoms with E-state index in [0.29, 0.717) is 6.54 Å². The lowest BCUT2D eigenvalue weighted by atomic mass is 9.64. The molecule has 1 aliphatic carbocycles. The molecule has 1 saturated carbocycles. The summed E-state index contributed by atoms with van der Waals surface area (Å²) < 4.78 is 0. The lowest BCUT2D eigenvalue weighted by Crippen LogP contribution is -2.52. The van der Waals surface area contributed by atoms with E-state index < -0.39 is 0 Å². The van der Waals surface area contributed by atoms with Gasteiger partial charge in [0.1, 0.15) is 0 Å². The molecule has 1 aliphatic rings. The molecule has 0 radical (unpaired) electrons. The van der Waals surface area contributed by atoms with Crippen LogP contribution >= 0.6 is 0 Å². The van der Waals surface area contributed by atoms with Gasteiger partial charge in [-0.2, -0.15) is 0 Å². The van der Waals surface area contributed by atoms with Crippen LogP contribution in [0, 0.1) is 5.41 Å². The Kier molecular flexibility index (Phi) is 5.80. The summed E-state index contributed by atoms with van der Waals surface area (Å²) in [7, 11) is 0. The molecular formula is C18H28N2O. The number of unbranched alkanes of at least 4 members (excludes halogenated alkanes) is 1. The quantitative estimate of drug-likeness (QED) is 0.772. The fraction of sp³-hybridized carbons (Fsp3) is 0.611. The zero-order valence-corrected chi connectivity index (χ0v) is 13.1. The van der Waals surface area contributed by atoms with E-state index in [1.54, 1.807) is 0 Å². The molecule has 0 spiro atoms. The SMILES string of the molecule is CCCCC(CN)NC(=O)C1(Cc2ccccc2)CCC1. The highest BCUT2D eigenvalue weighted by atomic mass is 16.2. The van der Waals surface area contributed by atoms with E-state index in [9.17, 15) is 4.79 Å². The molecule has 0 saturated heterocycles. The second-order valence-corrected chi connectivity index (χ2v) is 6.34. The van der Waals surface area contributed by atoms with E-state index in [1.807, 2.05) is 18.2 Å². The van der Waals surface area contributed by atoms with Crippen LogP contribution in [0.3, 0.4) is 0 Å². The lowest BCUT2D eigenvalue weighted by Gasteiger charge is -2.41. The van der Waals surface area contributed by atoms with E-state index in [1.165, 1.54) is 5.56 Å². The van der Waals surface area contributed by atoms with Crippen molar-refractivity contribution in [1.29, 1.82) is 0 Å². The Hall–Kier alpha value is -1.35. The second kappa shape index (κ2) is 7.60. The molecule has 1 amide bonds. The number of hydrogen-bond acceptors (Lipinski definition) is 2. The lowest BCUT2D eigenvalue weighted by molar-refractivity contribution is -0.136. The Morgan fingerprint density at radius 3 is 2.57 bits per heavy atom. The minimum atomic E-state index is -0.193. The van der Waals surface area contributed by atoms with Crippen LogP contribution in [-0.2, 0) is 11.2 Å². The van der Waals surface area contributed by atoms with Crippen LogP contribution in [0.5, 0.6) is 0 Å². The maximum atomic E-state index is 12.7. The van der Waals surface area contributed by atoms with Gasteiger partial charge in [-0.15, -0.1) is 0 Å². The van der Waals surface area contributed by atoms with Gasteiger partial charge >= 0.3 is 0 Å². The number of carbonyl (C=O) groups excluding carboxylic acids is 1. The Morgan fingerprint density at radius 1 is 1.33 bits per heavy atom. The average Bonchev–Trinajstić information content (AvgIpc) is 2.48. The van der Waals surface area contributed by atoms with Crippen LogP contribution in [0.4, 0.5) is 0 Å². The molecule has 1 aromatic rings. The van der Waals surface area contributed by atoms with Gasteiger partial charge in [0.25, 0.3) is 0 Å². The van der Waals surface area contributed by atoms with Gasteiger partial charge in [-0.3, -0.25) is 4.79 Å². The summed E-state index contributed by atoms with van der Waals surface area (Å²) in [5.74, 6) is 0.212. The van der Waals surface area contributed by atoms with Crippen molar-refractivity contribution in [3.63, 3.8) is 0 Å². The Morgan fingerprint density at radius 2 is 2.05 bits per heavy atom. The van der Waals surface area contributed by atoms with E-state index in [-0.39, 0.29) is 17.4 Å². The molecule has 2 rings (SSSR count). The van der Waals surface area contributed by atoms with Crippen LogP contribution in [0.1, 0.15) is 51.0 Å². The molecule has 116 valence electrons. The first-order valence-corrected chi connectivity index (χ1v) is 8.25. The van der Waals surface area contributed by atoms with Gasteiger partial charge in [0.15, 0.2) is 0 Å². The minimum Gasteiger partial charge on any atom is -0.352 e. The monoisotopic (exact) mass is 288 g/mol. The molecule has 1 fully saturated rings. The smallest absolute Gasteiger partial charge is 0.226 e. The molecule has 0 aromatic heterocycles. The molecule has 21 heavy (non-hydrogen) atoms. The highest BCUT2D eigenvalue weighted by Crippen LogP contribution is 2.44. The van der Waals surface area contributed by atoms with Crippen molar-refractivity contribution in [3.05, 3.63) is 35.9 Å². The Bertz CT molecular complexity index is 440. The summed E-state index contributed by atoms with van der Waals surface area (Å²) in [5, 5.41) is 3.20. The molecule has 0 aliphatic heterocycles. The van der Waals surface area contributed by atoms with Gasteiger partial charge < -0.3 is 11.1 Å². The van der Waals surface area contributed by atoms with Crippen LogP contribution in [0.15, 0.2) is 30.3 Å². The largest absolute Gasteiger partial charge is 0.352 e. The van der Waals surface area contributed by atoms with Crippen molar-refractivity contribution in [2.45, 2.75) is 57.9 Å². The van der Waals surface area contributed by atoms with Crippen molar-refractivity contribution in [2.24, 2.45) is 11.1 Å². The fourth-order valence-electron chi connectivity index (χ4n) is 3.11. The zero-order valence-electron chi connectivity index (χ0n) is 13.1. The van der Waals surface area contributed by atoms with Gasteiger partial charge in [0.05, 0.1) is 5.41 Å². The summed E-state index contributed by atoms with van der Waals surface area (Å²) in [4.78, 5) is 12.7. The predicted molar refractivity (Wildman–Crippen MR) is 86.9 cm³/mol. The summed E-state index contributed by atoms with van der Waals surface area (Å²) >= 11 is 0. The third-order valence-corrected chi connectivity index (χ3v) is 4.70. The maximum Gasteiger partial charge on any atom is 0.226 e. The average molecular weight is 288 g/mol. The third kappa shape index (κ3) is 4.07. The van der Waals surface area contributed by atoms with Crippen molar-refractivity contribution in [3.8, 4) is 0 Å². The van der Waals surface area contributed by atoms with Gasteiger partial charge in [0, 0.05) is 12.6 Å². The van der Waals surface area contributed by atoms with Crippen LogP contribution in [-0.4, -0.2) is 18.5 Å². The molecule has 3 N–H and O–H groups in total. The highest BCUT2D eigenvalue weighted by Gasteiger charge is 2.44. The van der Waals surface area contributed by atoms with Gasteiger partial charge in [-0.05, 0) is 31.2 Å². The normalized spacial score (nSPS) is 17.8. The number of rotatable bonds is 8. The number of nitrogens with one attached hydrogen (secondary N) is 1. The minimum absolute atomic E-state index is 0.130. The molecule has 1 atom stereocenters. The molecule has 1 aromatic carbocycles. The van der Waals surface area contributed by atoms with Crippen LogP contribution < -0.4 is 11.1 Å². The molecule has 3 heteroatoms. The van der Waals surface area contributed by atoms with Crippen molar-refractivity contribution < 1.29 is 4.79 Å². The summed E-state index contributed by atoms with van der Waals surface area (Å²) in [6.07, 6.45) is 7.25. The Balaban J connectivity index is 1.97. The number of carbonyl (C=O) groups is 1. The number of hydrogen-bond donors (Lipinski definition) is 2. The molecule has 1 unspecified atom stereocenters. The first-order chi connectivity index (χ1) is 10.2. The summed E-state index contributed by atoms with van der Waals surface area (Å²) in [5.41, 5.74) is 6.86. The molecule has 3 nitrogen and oxygen atoms in total. The third-order valence-electron chi connectivity index (χ3n) is 4.70.